The summed E-state index contributed by atoms with van der Waals surface area (Å²) in [6.45, 7) is 9.93. The Bertz CT molecular complexity index is 1310. The van der Waals surface area contributed by atoms with E-state index < -0.39 is 0 Å². The van der Waals surface area contributed by atoms with Crippen molar-refractivity contribution in [3.05, 3.63) is 84.0 Å². The predicted molar refractivity (Wildman–Crippen MR) is 144 cm³/mol. The number of methoxy groups -OCH3 is 2. The first-order chi connectivity index (χ1) is 18.0. The summed E-state index contributed by atoms with van der Waals surface area (Å²) < 4.78 is 22.8. The van der Waals surface area contributed by atoms with Crippen molar-refractivity contribution in [1.29, 1.82) is 0 Å². The van der Waals surface area contributed by atoms with Crippen LogP contribution in [0.1, 0.15) is 12.2 Å². The number of anilines is 1. The maximum Gasteiger partial charge on any atom is 0.246 e. The van der Waals surface area contributed by atoms with Gasteiger partial charge in [0.25, 0.3) is 0 Å². The minimum Gasteiger partial charge on any atom is -0.495 e. The molecular weight excluding hydrogens is 472 g/mol. The molecule has 0 spiro atoms. The fourth-order valence-electron chi connectivity index (χ4n) is 4.11. The highest BCUT2D eigenvalue weighted by Gasteiger charge is 2.32. The lowest BCUT2D eigenvalue weighted by molar-refractivity contribution is -0.136. The van der Waals surface area contributed by atoms with E-state index in [4.69, 9.17) is 18.6 Å². The Balaban J connectivity index is 1.65. The smallest absolute Gasteiger partial charge is 0.246 e. The van der Waals surface area contributed by atoms with E-state index in [1.807, 2.05) is 43.3 Å². The van der Waals surface area contributed by atoms with Gasteiger partial charge in [0.1, 0.15) is 29.8 Å². The molecule has 0 atom stereocenters. The normalized spacial score (nSPS) is 16.9. The summed E-state index contributed by atoms with van der Waals surface area (Å²) in [7, 11) is 3.21. The quantitative estimate of drug-likeness (QED) is 0.283. The van der Waals surface area contributed by atoms with Gasteiger partial charge in [-0.25, -0.2) is 4.99 Å². The van der Waals surface area contributed by atoms with Gasteiger partial charge in [-0.1, -0.05) is 12.6 Å². The molecule has 1 aliphatic heterocycles. The summed E-state index contributed by atoms with van der Waals surface area (Å²) in [6.07, 6.45) is 8.56. The number of nitrogens with zero attached hydrogens (tertiary/aromatic N) is 3. The highest BCUT2D eigenvalue weighted by molar-refractivity contribution is 5.87. The van der Waals surface area contributed by atoms with Crippen LogP contribution in [-0.2, 0) is 14.3 Å². The second-order valence-electron chi connectivity index (χ2n) is 8.40. The average molecular weight is 503 g/mol. The number of allylic oxidation sites excluding steroid dienone is 3. The predicted octanol–water partition coefficient (Wildman–Crippen LogP) is 4.85. The number of carbonyl (C=O) groups excluding carboxylic acids is 1. The number of furan rings is 1. The lowest BCUT2D eigenvalue weighted by Crippen LogP contribution is -2.54. The second kappa shape index (κ2) is 11.5. The third-order valence-electron chi connectivity index (χ3n) is 6.10. The molecule has 4 rings (SSSR count). The molecule has 0 bridgehead atoms. The van der Waals surface area contributed by atoms with Gasteiger partial charge in [-0.15, -0.1) is 0 Å². The highest BCUT2D eigenvalue weighted by Crippen LogP contribution is 2.35. The van der Waals surface area contributed by atoms with E-state index in [1.54, 1.807) is 25.4 Å². The Morgan fingerprint density at radius 1 is 1.22 bits per heavy atom. The summed E-state index contributed by atoms with van der Waals surface area (Å²) in [5.74, 6) is 3.10. The molecule has 2 aromatic rings. The number of rotatable bonds is 10. The van der Waals surface area contributed by atoms with Gasteiger partial charge in [-0.3, -0.25) is 9.79 Å². The standard InChI is InChI=1S/C28H30N4O5/c1-6-27(33)32-15-21(16-32)37-26-14-20(8-10-25(26)35-5)28(30-17-29-3)31-23-13-19(7-9-24(23)34-4)22-11-12-36-18(22)2/h6-7,9-14,17,21,31H,1,3,8,15-16H2,2,4-5H3/b28-20-,30-17-. The zero-order chi connectivity index (χ0) is 26.4. The molecule has 2 heterocycles. The second-order valence-corrected chi connectivity index (χ2v) is 8.40. The number of hydrogen-bond donors (Lipinski definition) is 1. The van der Waals surface area contributed by atoms with Gasteiger partial charge in [0.15, 0.2) is 11.5 Å². The van der Waals surface area contributed by atoms with E-state index >= 15 is 0 Å². The monoisotopic (exact) mass is 502 g/mol. The van der Waals surface area contributed by atoms with E-state index in [2.05, 4.69) is 28.6 Å². The van der Waals surface area contributed by atoms with Crippen LogP contribution in [0.3, 0.4) is 0 Å². The van der Waals surface area contributed by atoms with E-state index in [9.17, 15) is 4.79 Å². The number of aliphatic imine (C=N–C) groups is 2. The van der Waals surface area contributed by atoms with E-state index in [0.717, 1.165) is 28.1 Å². The van der Waals surface area contributed by atoms with Gasteiger partial charge in [-0.2, -0.15) is 0 Å². The van der Waals surface area contributed by atoms with Gasteiger partial charge >= 0.3 is 0 Å². The molecule has 0 saturated carbocycles. The maximum atomic E-state index is 11.8. The van der Waals surface area contributed by atoms with Crippen LogP contribution in [0.25, 0.3) is 11.1 Å². The van der Waals surface area contributed by atoms with Crippen LogP contribution in [0.4, 0.5) is 5.69 Å². The van der Waals surface area contributed by atoms with Crippen molar-refractivity contribution >= 4 is 24.7 Å². The molecule has 192 valence electrons. The average Bonchev–Trinajstić information content (AvgIpc) is 3.33. The van der Waals surface area contributed by atoms with Gasteiger partial charge in [-0.05, 0) is 62.1 Å². The molecule has 9 heteroatoms. The molecule has 2 aliphatic rings. The first-order valence-corrected chi connectivity index (χ1v) is 11.7. The molecule has 9 nitrogen and oxygen atoms in total. The van der Waals surface area contributed by atoms with Crippen LogP contribution >= 0.6 is 0 Å². The zero-order valence-electron chi connectivity index (χ0n) is 21.2. The molecule has 0 unspecified atom stereocenters. The molecule has 1 aromatic carbocycles. The first kappa shape index (κ1) is 25.6. The van der Waals surface area contributed by atoms with Crippen molar-refractivity contribution in [2.24, 2.45) is 9.98 Å². The Labute approximate surface area is 216 Å². The minimum absolute atomic E-state index is 0.111. The van der Waals surface area contributed by atoms with Crippen molar-refractivity contribution < 1.29 is 23.4 Å². The number of nitrogens with one attached hydrogen (secondary N) is 1. The third-order valence-corrected chi connectivity index (χ3v) is 6.10. The van der Waals surface area contributed by atoms with Crippen molar-refractivity contribution in [2.75, 3.05) is 32.6 Å². The van der Waals surface area contributed by atoms with E-state index in [-0.39, 0.29) is 12.0 Å². The lowest BCUT2D eigenvalue weighted by atomic mass is 10.0. The Hall–Kier alpha value is -4.53. The molecule has 0 radical (unpaired) electrons. The van der Waals surface area contributed by atoms with Gasteiger partial charge in [0.05, 0.1) is 39.3 Å². The van der Waals surface area contributed by atoms with E-state index in [0.29, 0.717) is 42.6 Å². The summed E-state index contributed by atoms with van der Waals surface area (Å²) in [5.41, 5.74) is 3.53. The molecule has 1 N–H and O–H groups in total. The number of ether oxygens (including phenoxy) is 3. The van der Waals surface area contributed by atoms with Gasteiger partial charge in [0.2, 0.25) is 5.91 Å². The summed E-state index contributed by atoms with van der Waals surface area (Å²) in [5, 5.41) is 3.39. The highest BCUT2D eigenvalue weighted by atomic mass is 16.5. The summed E-state index contributed by atoms with van der Waals surface area (Å²) >= 11 is 0. The first-order valence-electron chi connectivity index (χ1n) is 11.7. The van der Waals surface area contributed by atoms with Crippen LogP contribution in [0.5, 0.6) is 5.75 Å². The topological polar surface area (TPSA) is 97.9 Å². The van der Waals surface area contributed by atoms with Crippen LogP contribution in [0, 0.1) is 6.92 Å². The molecular formula is C28H30N4O5. The van der Waals surface area contributed by atoms with Crippen LogP contribution in [0.15, 0.2) is 92.6 Å². The Kier molecular flexibility index (Phi) is 7.92. The number of likely N-dealkylation sites (tertiary alicyclic amines) is 1. The third kappa shape index (κ3) is 5.66. The number of benzene rings is 1. The number of hydrogen-bond acceptors (Lipinski definition) is 7. The lowest BCUT2D eigenvalue weighted by Gasteiger charge is -2.39. The maximum absolute atomic E-state index is 11.8. The van der Waals surface area contributed by atoms with E-state index in [1.165, 1.54) is 12.4 Å². The van der Waals surface area contributed by atoms with Crippen molar-refractivity contribution in [1.82, 2.24) is 4.90 Å². The molecule has 1 saturated heterocycles. The van der Waals surface area contributed by atoms with Gasteiger partial charge < -0.3 is 28.8 Å². The van der Waals surface area contributed by atoms with Gasteiger partial charge in [0, 0.05) is 11.1 Å². The summed E-state index contributed by atoms with van der Waals surface area (Å²) in [6, 6.07) is 7.77. The molecule has 1 fully saturated rings. The fraction of sp³-hybridized carbons (Fsp3) is 0.250. The Morgan fingerprint density at radius 2 is 2.03 bits per heavy atom. The molecule has 1 aromatic heterocycles. The van der Waals surface area contributed by atoms with Crippen LogP contribution in [-0.4, -0.2) is 57.3 Å². The number of aryl methyl sites for hydroxylation is 1. The zero-order valence-corrected chi connectivity index (χ0v) is 21.2. The number of carbonyl (C=O) groups is 1. The Morgan fingerprint density at radius 3 is 2.68 bits per heavy atom. The number of amides is 1. The SMILES string of the molecule is C=CC(=O)N1CC(OC2=C/C(=C(/N=C\N=C)Nc3cc(-c4ccoc4C)ccc3OC)CC=C2OC)C1. The minimum atomic E-state index is -0.141. The molecule has 1 amide bonds. The molecule has 1 aliphatic carbocycles. The largest absolute Gasteiger partial charge is 0.495 e. The van der Waals surface area contributed by atoms with Crippen LogP contribution < -0.4 is 10.1 Å². The summed E-state index contributed by atoms with van der Waals surface area (Å²) in [4.78, 5) is 21.7. The fourth-order valence-corrected chi connectivity index (χ4v) is 4.11. The van der Waals surface area contributed by atoms with Crippen LogP contribution in [0.2, 0.25) is 0 Å². The van der Waals surface area contributed by atoms with Crippen molar-refractivity contribution in [3.8, 4) is 16.9 Å². The van der Waals surface area contributed by atoms with Crippen molar-refractivity contribution in [3.63, 3.8) is 0 Å². The van der Waals surface area contributed by atoms with Crippen molar-refractivity contribution in [2.45, 2.75) is 19.4 Å². The molecule has 37 heavy (non-hydrogen) atoms.